The second-order valence-corrected chi connectivity index (χ2v) is 4.38. The summed E-state index contributed by atoms with van der Waals surface area (Å²) in [4.78, 5) is 0. The van der Waals surface area contributed by atoms with Crippen LogP contribution in [0.1, 0.15) is 17.5 Å². The van der Waals surface area contributed by atoms with Gasteiger partial charge in [0.05, 0.1) is 12.0 Å². The summed E-state index contributed by atoms with van der Waals surface area (Å²) in [7, 11) is 0. The molecule has 0 heterocycles. The van der Waals surface area contributed by atoms with Crippen LogP contribution in [0, 0.1) is 29.1 Å². The maximum Gasteiger partial charge on any atom is 0.0756 e. The molecule has 2 aromatic carbocycles. The average molecular weight is 257 g/mol. The number of hydrogen-bond donors (Lipinski definition) is 0. The standard InChI is InChI=1S/C19H15N/c20-16-19(15-14-18-10-5-2-6-11-18)13-7-12-17-8-3-1-4-9-17/h1-6,8-11,14-15,19H,13H2/b15-14+. The highest BCUT2D eigenvalue weighted by Crippen LogP contribution is 2.08. The molecule has 0 spiro atoms. The number of nitrogens with zero attached hydrogens (tertiary/aromatic N) is 1. The molecule has 0 aliphatic carbocycles. The van der Waals surface area contributed by atoms with Crippen molar-refractivity contribution in [1.29, 1.82) is 5.26 Å². The third-order valence-corrected chi connectivity index (χ3v) is 2.81. The van der Waals surface area contributed by atoms with Gasteiger partial charge in [0.15, 0.2) is 0 Å². The highest BCUT2D eigenvalue weighted by Gasteiger charge is 1.99. The second-order valence-electron chi connectivity index (χ2n) is 4.38. The van der Waals surface area contributed by atoms with E-state index in [0.717, 1.165) is 11.1 Å². The second kappa shape index (κ2) is 7.62. The first-order valence-corrected chi connectivity index (χ1v) is 6.55. The van der Waals surface area contributed by atoms with Crippen LogP contribution in [-0.2, 0) is 0 Å². The molecule has 96 valence electrons. The van der Waals surface area contributed by atoms with Gasteiger partial charge in [0, 0.05) is 12.0 Å². The molecule has 0 N–H and O–H groups in total. The van der Waals surface area contributed by atoms with Gasteiger partial charge in [0.2, 0.25) is 0 Å². The molecule has 0 fully saturated rings. The van der Waals surface area contributed by atoms with Crippen molar-refractivity contribution in [3.05, 3.63) is 77.9 Å². The van der Waals surface area contributed by atoms with Gasteiger partial charge in [0.1, 0.15) is 0 Å². The van der Waals surface area contributed by atoms with E-state index in [1.807, 2.05) is 72.8 Å². The van der Waals surface area contributed by atoms with E-state index in [9.17, 15) is 0 Å². The van der Waals surface area contributed by atoms with E-state index in [1.165, 1.54) is 0 Å². The third-order valence-electron chi connectivity index (χ3n) is 2.81. The summed E-state index contributed by atoms with van der Waals surface area (Å²) in [5.74, 6) is 5.96. The van der Waals surface area contributed by atoms with Crippen LogP contribution in [0.5, 0.6) is 0 Å². The lowest BCUT2D eigenvalue weighted by Gasteiger charge is -1.97. The first-order valence-electron chi connectivity index (χ1n) is 6.55. The van der Waals surface area contributed by atoms with Gasteiger partial charge >= 0.3 is 0 Å². The van der Waals surface area contributed by atoms with Crippen LogP contribution >= 0.6 is 0 Å². The van der Waals surface area contributed by atoms with E-state index in [4.69, 9.17) is 5.26 Å². The minimum atomic E-state index is -0.175. The van der Waals surface area contributed by atoms with E-state index in [2.05, 4.69) is 17.9 Å². The van der Waals surface area contributed by atoms with Crippen molar-refractivity contribution >= 4 is 6.08 Å². The molecule has 0 saturated heterocycles. The van der Waals surface area contributed by atoms with Crippen molar-refractivity contribution < 1.29 is 0 Å². The van der Waals surface area contributed by atoms with Crippen LogP contribution in [0.2, 0.25) is 0 Å². The van der Waals surface area contributed by atoms with Gasteiger partial charge in [-0.3, -0.25) is 0 Å². The molecule has 0 bridgehead atoms. The Morgan fingerprint density at radius 3 is 2.25 bits per heavy atom. The lowest BCUT2D eigenvalue weighted by atomic mass is 10.1. The SMILES string of the molecule is N#CC(/C=C/c1ccccc1)CC#Cc1ccccc1. The molecule has 20 heavy (non-hydrogen) atoms. The van der Waals surface area contributed by atoms with Crippen LogP contribution in [-0.4, -0.2) is 0 Å². The molecule has 0 saturated carbocycles. The quantitative estimate of drug-likeness (QED) is 0.753. The number of rotatable bonds is 3. The highest BCUT2D eigenvalue weighted by atomic mass is 14.3. The van der Waals surface area contributed by atoms with E-state index in [0.29, 0.717) is 6.42 Å². The van der Waals surface area contributed by atoms with E-state index in [1.54, 1.807) is 0 Å². The van der Waals surface area contributed by atoms with Crippen molar-refractivity contribution in [3.63, 3.8) is 0 Å². The maximum atomic E-state index is 9.13. The predicted molar refractivity (Wildman–Crippen MR) is 82.5 cm³/mol. The molecule has 1 atom stereocenters. The Hall–Kier alpha value is -2.77. The number of benzene rings is 2. The minimum absolute atomic E-state index is 0.175. The zero-order valence-corrected chi connectivity index (χ0v) is 11.2. The molecule has 1 heteroatoms. The molecule has 1 nitrogen and oxygen atoms in total. The smallest absolute Gasteiger partial charge is 0.0756 e. The van der Waals surface area contributed by atoms with Gasteiger partial charge in [-0.2, -0.15) is 5.26 Å². The summed E-state index contributed by atoms with van der Waals surface area (Å²) in [6.07, 6.45) is 4.43. The Labute approximate surface area is 120 Å². The molecule has 2 aromatic rings. The molecule has 0 amide bonds. The van der Waals surface area contributed by atoms with Crippen LogP contribution in [0.25, 0.3) is 6.08 Å². The van der Waals surface area contributed by atoms with E-state index in [-0.39, 0.29) is 5.92 Å². The Morgan fingerprint density at radius 1 is 0.950 bits per heavy atom. The van der Waals surface area contributed by atoms with Gasteiger partial charge < -0.3 is 0 Å². The van der Waals surface area contributed by atoms with Gasteiger partial charge in [-0.15, -0.1) is 0 Å². The van der Waals surface area contributed by atoms with Crippen molar-refractivity contribution in [3.8, 4) is 17.9 Å². The predicted octanol–water partition coefficient (Wildman–Crippen LogP) is 4.28. The summed E-state index contributed by atoms with van der Waals surface area (Å²) in [5, 5.41) is 9.13. The fourth-order valence-corrected chi connectivity index (χ4v) is 1.73. The Morgan fingerprint density at radius 2 is 1.60 bits per heavy atom. The lowest BCUT2D eigenvalue weighted by molar-refractivity contribution is 0.871. The Bertz CT molecular complexity index is 652. The fraction of sp³-hybridized carbons (Fsp3) is 0.105. The average Bonchev–Trinajstić information content (AvgIpc) is 2.52. The van der Waals surface area contributed by atoms with Gasteiger partial charge in [-0.05, 0) is 17.7 Å². The Kier molecular flexibility index (Phi) is 5.20. The van der Waals surface area contributed by atoms with E-state index < -0.39 is 0 Å². The number of allylic oxidation sites excluding steroid dienone is 1. The molecule has 2 rings (SSSR count). The van der Waals surface area contributed by atoms with E-state index >= 15 is 0 Å². The van der Waals surface area contributed by atoms with Crippen LogP contribution in [0.3, 0.4) is 0 Å². The highest BCUT2D eigenvalue weighted by molar-refractivity contribution is 5.49. The summed E-state index contributed by atoms with van der Waals surface area (Å²) in [6, 6.07) is 22.1. The monoisotopic (exact) mass is 257 g/mol. The first-order chi connectivity index (χ1) is 9.88. The summed E-state index contributed by atoms with van der Waals surface area (Å²) in [6.45, 7) is 0. The molecule has 0 radical (unpaired) electrons. The topological polar surface area (TPSA) is 23.8 Å². The molecule has 0 aromatic heterocycles. The van der Waals surface area contributed by atoms with Gasteiger partial charge in [0.25, 0.3) is 0 Å². The Balaban J connectivity index is 1.96. The molecular formula is C19H15N. The lowest BCUT2D eigenvalue weighted by Crippen LogP contribution is -1.89. The summed E-state index contributed by atoms with van der Waals surface area (Å²) < 4.78 is 0. The van der Waals surface area contributed by atoms with Crippen LogP contribution in [0.15, 0.2) is 66.7 Å². The van der Waals surface area contributed by atoms with Crippen molar-refractivity contribution in [2.24, 2.45) is 5.92 Å². The van der Waals surface area contributed by atoms with Crippen LogP contribution in [0.4, 0.5) is 0 Å². The zero-order valence-electron chi connectivity index (χ0n) is 11.2. The number of nitriles is 1. The maximum absolute atomic E-state index is 9.13. The molecular weight excluding hydrogens is 242 g/mol. The fourth-order valence-electron chi connectivity index (χ4n) is 1.73. The molecule has 0 aliphatic heterocycles. The van der Waals surface area contributed by atoms with Gasteiger partial charge in [-0.1, -0.05) is 72.5 Å². The number of hydrogen-bond acceptors (Lipinski definition) is 1. The third kappa shape index (κ3) is 4.48. The normalized spacial score (nSPS) is 11.3. The summed E-state index contributed by atoms with van der Waals surface area (Å²) in [5.41, 5.74) is 2.08. The molecule has 1 unspecified atom stereocenters. The van der Waals surface area contributed by atoms with Crippen molar-refractivity contribution in [1.82, 2.24) is 0 Å². The minimum Gasteiger partial charge on any atom is -0.198 e. The molecule has 0 aliphatic rings. The van der Waals surface area contributed by atoms with Crippen molar-refractivity contribution in [2.45, 2.75) is 6.42 Å². The van der Waals surface area contributed by atoms with Gasteiger partial charge in [-0.25, -0.2) is 0 Å². The zero-order chi connectivity index (χ0) is 14.0. The first kappa shape index (κ1) is 13.7. The largest absolute Gasteiger partial charge is 0.198 e. The summed E-state index contributed by atoms with van der Waals surface area (Å²) >= 11 is 0. The van der Waals surface area contributed by atoms with Crippen molar-refractivity contribution in [2.75, 3.05) is 0 Å². The van der Waals surface area contributed by atoms with Crippen LogP contribution < -0.4 is 0 Å².